The molecular formula is C18H28N6O. The number of hydrogen-bond donors (Lipinski definition) is 2. The third-order valence-corrected chi connectivity index (χ3v) is 4.94. The first kappa shape index (κ1) is 17.7. The summed E-state index contributed by atoms with van der Waals surface area (Å²) in [6, 6.07) is 0.350. The van der Waals surface area contributed by atoms with Crippen molar-refractivity contribution in [3.63, 3.8) is 0 Å². The van der Waals surface area contributed by atoms with Crippen molar-refractivity contribution in [3.05, 3.63) is 39.7 Å². The van der Waals surface area contributed by atoms with Crippen LogP contribution in [-0.4, -0.2) is 38.9 Å². The Bertz CT molecular complexity index is 765. The Labute approximate surface area is 148 Å². The van der Waals surface area contributed by atoms with Crippen molar-refractivity contribution < 1.29 is 0 Å². The number of hydrogen-bond acceptors (Lipinski definition) is 5. The fourth-order valence-electron chi connectivity index (χ4n) is 3.57. The molecule has 7 heteroatoms. The molecule has 25 heavy (non-hydrogen) atoms. The number of aromatic nitrogens is 4. The van der Waals surface area contributed by atoms with Gasteiger partial charge in [-0.05, 0) is 33.1 Å². The maximum Gasteiger partial charge on any atom is 0.290 e. The SMILES string of the molecule is CCCn1nc(C)c(CN[C@H]2CCCN(c3ncc[nH]c3=O)C2)c1C. The standard InChI is InChI=1S/C18H28N6O/c1-4-9-24-14(3)16(13(2)22-24)11-21-15-6-5-10-23(12-15)17-18(25)20-8-7-19-17/h7-8,15,21H,4-6,9-12H2,1-3H3,(H,20,25)/t15-/m0/s1. The lowest BCUT2D eigenvalue weighted by molar-refractivity contribution is 0.418. The van der Waals surface area contributed by atoms with Crippen molar-refractivity contribution in [1.29, 1.82) is 0 Å². The second kappa shape index (κ2) is 7.82. The van der Waals surface area contributed by atoms with E-state index in [4.69, 9.17) is 0 Å². The highest BCUT2D eigenvalue weighted by atomic mass is 16.1. The molecule has 2 aromatic rings. The quantitative estimate of drug-likeness (QED) is 0.835. The van der Waals surface area contributed by atoms with Gasteiger partial charge in [-0.15, -0.1) is 0 Å². The van der Waals surface area contributed by atoms with E-state index in [-0.39, 0.29) is 5.56 Å². The van der Waals surface area contributed by atoms with Crippen LogP contribution in [0.2, 0.25) is 0 Å². The molecule has 2 aromatic heterocycles. The van der Waals surface area contributed by atoms with Gasteiger partial charge in [0, 0.05) is 55.9 Å². The van der Waals surface area contributed by atoms with Gasteiger partial charge in [0.1, 0.15) is 0 Å². The minimum atomic E-state index is -0.115. The molecule has 0 unspecified atom stereocenters. The molecule has 7 nitrogen and oxygen atoms in total. The van der Waals surface area contributed by atoms with Gasteiger partial charge in [-0.2, -0.15) is 5.10 Å². The van der Waals surface area contributed by atoms with Crippen molar-refractivity contribution >= 4 is 5.82 Å². The highest BCUT2D eigenvalue weighted by Crippen LogP contribution is 2.17. The number of nitrogens with zero attached hydrogens (tertiary/aromatic N) is 4. The topological polar surface area (TPSA) is 78.8 Å². The van der Waals surface area contributed by atoms with E-state index in [2.05, 4.69) is 50.7 Å². The fraction of sp³-hybridized carbons (Fsp3) is 0.611. The van der Waals surface area contributed by atoms with E-state index in [0.717, 1.165) is 51.1 Å². The fourth-order valence-corrected chi connectivity index (χ4v) is 3.57. The van der Waals surface area contributed by atoms with Crippen LogP contribution in [0.15, 0.2) is 17.2 Å². The molecule has 0 spiro atoms. The van der Waals surface area contributed by atoms with Crippen LogP contribution < -0.4 is 15.8 Å². The molecule has 1 saturated heterocycles. The average molecular weight is 344 g/mol. The van der Waals surface area contributed by atoms with Gasteiger partial charge in [0.2, 0.25) is 0 Å². The summed E-state index contributed by atoms with van der Waals surface area (Å²) in [5, 5.41) is 8.31. The molecule has 3 heterocycles. The van der Waals surface area contributed by atoms with Gasteiger partial charge in [-0.3, -0.25) is 9.48 Å². The summed E-state index contributed by atoms with van der Waals surface area (Å²) in [7, 11) is 0. The van der Waals surface area contributed by atoms with Crippen LogP contribution >= 0.6 is 0 Å². The van der Waals surface area contributed by atoms with Crippen LogP contribution in [-0.2, 0) is 13.1 Å². The number of aromatic amines is 1. The Morgan fingerprint density at radius 3 is 3.00 bits per heavy atom. The summed E-state index contributed by atoms with van der Waals surface area (Å²) in [5.41, 5.74) is 3.53. The van der Waals surface area contributed by atoms with E-state index >= 15 is 0 Å². The van der Waals surface area contributed by atoms with E-state index in [1.165, 1.54) is 11.3 Å². The number of anilines is 1. The molecule has 1 atom stereocenters. The summed E-state index contributed by atoms with van der Waals surface area (Å²) in [4.78, 5) is 21.0. The first-order valence-corrected chi connectivity index (χ1v) is 9.15. The maximum atomic E-state index is 12.0. The van der Waals surface area contributed by atoms with Crippen LogP contribution in [0.25, 0.3) is 0 Å². The summed E-state index contributed by atoms with van der Waals surface area (Å²) in [5.74, 6) is 0.525. The third kappa shape index (κ3) is 3.92. The van der Waals surface area contributed by atoms with Crippen molar-refractivity contribution in [1.82, 2.24) is 25.1 Å². The number of nitrogens with one attached hydrogen (secondary N) is 2. The molecule has 0 aliphatic carbocycles. The highest BCUT2D eigenvalue weighted by molar-refractivity contribution is 5.36. The molecule has 2 N–H and O–H groups in total. The zero-order valence-electron chi connectivity index (χ0n) is 15.4. The summed E-state index contributed by atoms with van der Waals surface area (Å²) in [6.45, 7) is 9.87. The molecule has 136 valence electrons. The molecule has 0 aromatic carbocycles. The van der Waals surface area contributed by atoms with E-state index < -0.39 is 0 Å². The normalized spacial score (nSPS) is 17.9. The van der Waals surface area contributed by atoms with Gasteiger partial charge < -0.3 is 15.2 Å². The van der Waals surface area contributed by atoms with Crippen LogP contribution in [0.1, 0.15) is 43.1 Å². The first-order valence-electron chi connectivity index (χ1n) is 9.15. The molecule has 1 fully saturated rings. The highest BCUT2D eigenvalue weighted by Gasteiger charge is 2.23. The second-order valence-corrected chi connectivity index (χ2v) is 6.78. The summed E-state index contributed by atoms with van der Waals surface area (Å²) in [6.07, 6.45) is 6.47. The minimum absolute atomic E-state index is 0.115. The largest absolute Gasteiger partial charge is 0.350 e. The molecule has 1 aliphatic rings. The van der Waals surface area contributed by atoms with Crippen LogP contribution in [0, 0.1) is 13.8 Å². The number of H-pyrrole nitrogens is 1. The lowest BCUT2D eigenvalue weighted by Gasteiger charge is -2.33. The smallest absolute Gasteiger partial charge is 0.290 e. The Morgan fingerprint density at radius 1 is 1.40 bits per heavy atom. The van der Waals surface area contributed by atoms with Crippen LogP contribution in [0.4, 0.5) is 5.82 Å². The number of piperidine rings is 1. The zero-order valence-corrected chi connectivity index (χ0v) is 15.4. The molecule has 0 bridgehead atoms. The summed E-state index contributed by atoms with van der Waals surface area (Å²) < 4.78 is 2.10. The Balaban J connectivity index is 1.64. The van der Waals surface area contributed by atoms with Crippen molar-refractivity contribution in [3.8, 4) is 0 Å². The first-order chi connectivity index (χ1) is 12.1. The maximum absolute atomic E-state index is 12.0. The number of rotatable bonds is 6. The lowest BCUT2D eigenvalue weighted by Crippen LogP contribution is -2.47. The molecular weight excluding hydrogens is 316 g/mol. The van der Waals surface area contributed by atoms with Crippen molar-refractivity contribution in [2.24, 2.45) is 0 Å². The van der Waals surface area contributed by atoms with Gasteiger partial charge in [-0.25, -0.2) is 4.98 Å². The predicted octanol–water partition coefficient (Wildman–Crippen LogP) is 1.75. The lowest BCUT2D eigenvalue weighted by atomic mass is 10.0. The van der Waals surface area contributed by atoms with Gasteiger partial charge in [-0.1, -0.05) is 6.92 Å². The van der Waals surface area contributed by atoms with E-state index in [1.807, 2.05) is 0 Å². The molecule has 0 radical (unpaired) electrons. The average Bonchev–Trinajstić information content (AvgIpc) is 2.88. The third-order valence-electron chi connectivity index (χ3n) is 4.94. The zero-order chi connectivity index (χ0) is 17.8. The number of aryl methyl sites for hydroxylation is 2. The van der Waals surface area contributed by atoms with Gasteiger partial charge in [0.25, 0.3) is 5.56 Å². The molecule has 3 rings (SSSR count). The second-order valence-electron chi connectivity index (χ2n) is 6.78. The van der Waals surface area contributed by atoms with Crippen molar-refractivity contribution in [2.45, 2.75) is 59.2 Å². The minimum Gasteiger partial charge on any atom is -0.350 e. The summed E-state index contributed by atoms with van der Waals surface area (Å²) >= 11 is 0. The van der Waals surface area contributed by atoms with E-state index in [0.29, 0.717) is 11.9 Å². The van der Waals surface area contributed by atoms with E-state index in [1.54, 1.807) is 12.4 Å². The van der Waals surface area contributed by atoms with E-state index in [9.17, 15) is 4.79 Å². The molecule has 0 saturated carbocycles. The Hall–Kier alpha value is -2.15. The van der Waals surface area contributed by atoms with Crippen molar-refractivity contribution in [2.75, 3.05) is 18.0 Å². The molecule has 0 amide bonds. The monoisotopic (exact) mass is 344 g/mol. The Morgan fingerprint density at radius 2 is 2.24 bits per heavy atom. The Kier molecular flexibility index (Phi) is 5.53. The van der Waals surface area contributed by atoms with Gasteiger partial charge in [0.15, 0.2) is 5.82 Å². The van der Waals surface area contributed by atoms with Gasteiger partial charge in [0.05, 0.1) is 5.69 Å². The van der Waals surface area contributed by atoms with Crippen LogP contribution in [0.5, 0.6) is 0 Å². The molecule has 1 aliphatic heterocycles. The van der Waals surface area contributed by atoms with Gasteiger partial charge >= 0.3 is 0 Å². The van der Waals surface area contributed by atoms with Crippen LogP contribution in [0.3, 0.4) is 0 Å². The predicted molar refractivity (Wildman–Crippen MR) is 98.9 cm³/mol.